The lowest BCUT2D eigenvalue weighted by molar-refractivity contribution is 0.0921. The van der Waals surface area contributed by atoms with Crippen LogP contribution in [0.3, 0.4) is 0 Å². The second kappa shape index (κ2) is 6.57. The standard InChI is InChI=1S/C19H22O2/c1-13(2)17-9-15(4)10-18(11-17)21-12-19(20)16-7-5-6-14(3)8-16/h5-11,13H,12H2,1-4H3. The van der Waals surface area contributed by atoms with Crippen LogP contribution in [0.1, 0.15) is 46.8 Å². The van der Waals surface area contributed by atoms with Gasteiger partial charge in [0.1, 0.15) is 5.75 Å². The molecule has 0 spiro atoms. The molecule has 0 aromatic heterocycles. The molecule has 0 fully saturated rings. The highest BCUT2D eigenvalue weighted by atomic mass is 16.5. The zero-order valence-electron chi connectivity index (χ0n) is 13.1. The first-order valence-corrected chi connectivity index (χ1v) is 7.30. The average Bonchev–Trinajstić information content (AvgIpc) is 2.44. The minimum absolute atomic E-state index is 0.00584. The van der Waals surface area contributed by atoms with Crippen molar-refractivity contribution in [1.82, 2.24) is 0 Å². The summed E-state index contributed by atoms with van der Waals surface area (Å²) in [6.07, 6.45) is 0. The van der Waals surface area contributed by atoms with E-state index in [9.17, 15) is 4.79 Å². The highest BCUT2D eigenvalue weighted by Gasteiger charge is 2.08. The van der Waals surface area contributed by atoms with Crippen LogP contribution in [-0.2, 0) is 0 Å². The molecule has 2 nitrogen and oxygen atoms in total. The van der Waals surface area contributed by atoms with E-state index in [4.69, 9.17) is 4.74 Å². The molecule has 0 aliphatic carbocycles. The Morgan fingerprint density at radius 1 is 1.05 bits per heavy atom. The van der Waals surface area contributed by atoms with Gasteiger partial charge in [0.05, 0.1) is 0 Å². The number of carbonyl (C=O) groups is 1. The predicted octanol–water partition coefficient (Wildman–Crippen LogP) is 4.69. The van der Waals surface area contributed by atoms with Crippen molar-refractivity contribution in [2.75, 3.05) is 6.61 Å². The van der Waals surface area contributed by atoms with Crippen molar-refractivity contribution in [2.45, 2.75) is 33.6 Å². The van der Waals surface area contributed by atoms with E-state index >= 15 is 0 Å². The predicted molar refractivity (Wildman–Crippen MR) is 86.3 cm³/mol. The summed E-state index contributed by atoms with van der Waals surface area (Å²) >= 11 is 0. The molecule has 2 aromatic rings. The van der Waals surface area contributed by atoms with Gasteiger partial charge >= 0.3 is 0 Å². The van der Waals surface area contributed by atoms with Gasteiger partial charge < -0.3 is 4.74 Å². The van der Waals surface area contributed by atoms with Crippen LogP contribution >= 0.6 is 0 Å². The van der Waals surface area contributed by atoms with Crippen molar-refractivity contribution in [2.24, 2.45) is 0 Å². The molecule has 0 bridgehead atoms. The van der Waals surface area contributed by atoms with Crippen molar-refractivity contribution in [3.05, 3.63) is 64.7 Å². The quantitative estimate of drug-likeness (QED) is 0.744. The number of benzene rings is 2. The second-order valence-corrected chi connectivity index (χ2v) is 5.82. The van der Waals surface area contributed by atoms with Crippen LogP contribution in [0.2, 0.25) is 0 Å². The van der Waals surface area contributed by atoms with Gasteiger partial charge in [0.25, 0.3) is 0 Å². The topological polar surface area (TPSA) is 26.3 Å². The van der Waals surface area contributed by atoms with E-state index in [2.05, 4.69) is 19.9 Å². The molecule has 2 rings (SSSR count). The Bertz CT molecular complexity index is 642. The molecule has 21 heavy (non-hydrogen) atoms. The summed E-state index contributed by atoms with van der Waals surface area (Å²) in [5.74, 6) is 1.21. The fourth-order valence-electron chi connectivity index (χ4n) is 2.24. The first-order valence-electron chi connectivity index (χ1n) is 7.30. The minimum atomic E-state index is 0.00584. The third-order valence-corrected chi connectivity index (χ3v) is 3.45. The van der Waals surface area contributed by atoms with Crippen molar-refractivity contribution in [1.29, 1.82) is 0 Å². The monoisotopic (exact) mass is 282 g/mol. The van der Waals surface area contributed by atoms with Gasteiger partial charge in [0, 0.05) is 5.56 Å². The fraction of sp³-hybridized carbons (Fsp3) is 0.316. The Morgan fingerprint density at radius 2 is 1.81 bits per heavy atom. The smallest absolute Gasteiger partial charge is 0.200 e. The lowest BCUT2D eigenvalue weighted by Gasteiger charge is -2.11. The van der Waals surface area contributed by atoms with Gasteiger partial charge in [-0.15, -0.1) is 0 Å². The summed E-state index contributed by atoms with van der Waals surface area (Å²) in [5.41, 5.74) is 4.16. The maximum atomic E-state index is 12.1. The van der Waals surface area contributed by atoms with Gasteiger partial charge in [-0.25, -0.2) is 0 Å². The summed E-state index contributed by atoms with van der Waals surface area (Å²) in [7, 11) is 0. The molecule has 0 saturated heterocycles. The van der Waals surface area contributed by atoms with E-state index in [1.54, 1.807) is 0 Å². The van der Waals surface area contributed by atoms with Crippen molar-refractivity contribution in [3.63, 3.8) is 0 Å². The molecule has 0 heterocycles. The van der Waals surface area contributed by atoms with Crippen LogP contribution in [0.25, 0.3) is 0 Å². The van der Waals surface area contributed by atoms with Crippen LogP contribution in [0.4, 0.5) is 0 Å². The summed E-state index contributed by atoms with van der Waals surface area (Å²) in [5, 5.41) is 0. The van der Waals surface area contributed by atoms with Crippen LogP contribution < -0.4 is 4.74 Å². The molecule has 0 atom stereocenters. The average molecular weight is 282 g/mol. The summed E-state index contributed by atoms with van der Waals surface area (Å²) in [6, 6.07) is 13.7. The SMILES string of the molecule is Cc1cccc(C(=O)COc2cc(C)cc(C(C)C)c2)c1. The zero-order valence-corrected chi connectivity index (χ0v) is 13.1. The number of Topliss-reactive ketones (excluding diaryl/α,β-unsaturated/α-hetero) is 1. The summed E-state index contributed by atoms with van der Waals surface area (Å²) < 4.78 is 5.68. The maximum Gasteiger partial charge on any atom is 0.200 e. The molecule has 0 radical (unpaired) electrons. The van der Waals surface area contributed by atoms with Gasteiger partial charge in [-0.2, -0.15) is 0 Å². The highest BCUT2D eigenvalue weighted by molar-refractivity contribution is 5.97. The molecule has 2 aromatic carbocycles. The molecule has 0 aliphatic heterocycles. The molecule has 110 valence electrons. The van der Waals surface area contributed by atoms with Gasteiger partial charge in [-0.05, 0) is 49.1 Å². The van der Waals surface area contributed by atoms with Crippen LogP contribution in [0.15, 0.2) is 42.5 Å². The molecular formula is C19H22O2. The lowest BCUT2D eigenvalue weighted by atomic mass is 10.0. The third kappa shape index (κ3) is 4.19. The second-order valence-electron chi connectivity index (χ2n) is 5.82. The van der Waals surface area contributed by atoms with Gasteiger partial charge in [0.2, 0.25) is 0 Å². The molecule has 0 saturated carbocycles. The Morgan fingerprint density at radius 3 is 2.48 bits per heavy atom. The van der Waals surface area contributed by atoms with E-state index in [0.29, 0.717) is 11.5 Å². The van der Waals surface area contributed by atoms with Crippen LogP contribution in [0, 0.1) is 13.8 Å². The van der Waals surface area contributed by atoms with E-state index in [1.807, 2.05) is 50.2 Å². The molecule has 0 unspecified atom stereocenters. The third-order valence-electron chi connectivity index (χ3n) is 3.45. The zero-order chi connectivity index (χ0) is 15.4. The van der Waals surface area contributed by atoms with Gasteiger partial charge in [-0.3, -0.25) is 4.79 Å². The van der Waals surface area contributed by atoms with E-state index in [-0.39, 0.29) is 12.4 Å². The number of ether oxygens (including phenoxy) is 1. The lowest BCUT2D eigenvalue weighted by Crippen LogP contribution is -2.12. The number of hydrogen-bond donors (Lipinski definition) is 0. The largest absolute Gasteiger partial charge is 0.485 e. The number of ketones is 1. The number of carbonyl (C=O) groups excluding carboxylic acids is 1. The molecule has 0 aliphatic rings. The number of rotatable bonds is 5. The Labute approximate surface area is 126 Å². The summed E-state index contributed by atoms with van der Waals surface area (Å²) in [6.45, 7) is 8.39. The summed E-state index contributed by atoms with van der Waals surface area (Å²) in [4.78, 5) is 12.1. The number of aryl methyl sites for hydroxylation is 2. The molecular weight excluding hydrogens is 260 g/mol. The minimum Gasteiger partial charge on any atom is -0.485 e. The number of hydrogen-bond acceptors (Lipinski definition) is 2. The van der Waals surface area contributed by atoms with E-state index in [1.165, 1.54) is 5.56 Å². The van der Waals surface area contributed by atoms with E-state index in [0.717, 1.165) is 16.9 Å². The molecule has 0 amide bonds. The first kappa shape index (κ1) is 15.3. The Kier molecular flexibility index (Phi) is 4.79. The Balaban J connectivity index is 2.08. The molecule has 2 heteroatoms. The van der Waals surface area contributed by atoms with Crippen LogP contribution in [-0.4, -0.2) is 12.4 Å². The van der Waals surface area contributed by atoms with Gasteiger partial charge in [-0.1, -0.05) is 43.7 Å². The fourth-order valence-corrected chi connectivity index (χ4v) is 2.24. The van der Waals surface area contributed by atoms with Gasteiger partial charge in [0.15, 0.2) is 12.4 Å². The van der Waals surface area contributed by atoms with Crippen molar-refractivity contribution in [3.8, 4) is 5.75 Å². The normalized spacial score (nSPS) is 10.7. The van der Waals surface area contributed by atoms with Crippen LogP contribution in [0.5, 0.6) is 5.75 Å². The maximum absolute atomic E-state index is 12.1. The highest BCUT2D eigenvalue weighted by Crippen LogP contribution is 2.23. The van der Waals surface area contributed by atoms with Crippen molar-refractivity contribution < 1.29 is 9.53 Å². The Hall–Kier alpha value is -2.09. The molecule has 0 N–H and O–H groups in total. The first-order chi connectivity index (χ1) is 9.95. The van der Waals surface area contributed by atoms with Crippen molar-refractivity contribution >= 4 is 5.78 Å². The van der Waals surface area contributed by atoms with E-state index < -0.39 is 0 Å².